The van der Waals surface area contributed by atoms with Crippen molar-refractivity contribution in [1.29, 1.82) is 0 Å². The highest BCUT2D eigenvalue weighted by atomic mass is 16.6. The van der Waals surface area contributed by atoms with Gasteiger partial charge < -0.3 is 9.73 Å². The topological polar surface area (TPSA) is 98.3 Å². The number of nitrogens with zero attached hydrogens (tertiary/aromatic N) is 2. The summed E-state index contributed by atoms with van der Waals surface area (Å²) < 4.78 is 5.89. The van der Waals surface area contributed by atoms with E-state index in [0.717, 1.165) is 11.1 Å². The zero-order valence-electron chi connectivity index (χ0n) is 17.6. The highest BCUT2D eigenvalue weighted by Crippen LogP contribution is 2.28. The Hall–Kier alpha value is -4.26. The number of carbonyl (C=O) groups is 1. The molecule has 0 spiro atoms. The van der Waals surface area contributed by atoms with Crippen LogP contribution in [0.5, 0.6) is 0 Å². The van der Waals surface area contributed by atoms with Crippen LogP contribution in [0.1, 0.15) is 30.9 Å². The second-order valence-corrected chi connectivity index (χ2v) is 7.66. The molecule has 1 heterocycles. The highest BCUT2D eigenvalue weighted by Gasteiger charge is 2.11. The number of anilines is 1. The van der Waals surface area contributed by atoms with Gasteiger partial charge in [0.05, 0.1) is 4.92 Å². The smallest absolute Gasteiger partial charge is 0.270 e. The lowest BCUT2D eigenvalue weighted by Gasteiger charge is -2.03. The Balaban J connectivity index is 1.50. The lowest BCUT2D eigenvalue weighted by atomic mass is 10.0. The van der Waals surface area contributed by atoms with Crippen molar-refractivity contribution in [3.05, 3.63) is 94.0 Å². The molecule has 0 radical (unpaired) electrons. The molecule has 7 heteroatoms. The normalized spacial score (nSPS) is 11.3. The van der Waals surface area contributed by atoms with Gasteiger partial charge in [0.25, 0.3) is 5.69 Å². The van der Waals surface area contributed by atoms with E-state index in [-0.39, 0.29) is 11.6 Å². The van der Waals surface area contributed by atoms with Crippen molar-refractivity contribution in [2.24, 2.45) is 0 Å². The summed E-state index contributed by atoms with van der Waals surface area (Å²) >= 11 is 0. The Bertz CT molecular complexity index is 1340. The number of aromatic nitrogens is 1. The number of amides is 1. The van der Waals surface area contributed by atoms with Gasteiger partial charge in [0.15, 0.2) is 5.58 Å². The van der Waals surface area contributed by atoms with Crippen molar-refractivity contribution >= 4 is 34.5 Å². The Morgan fingerprint density at radius 1 is 1.09 bits per heavy atom. The van der Waals surface area contributed by atoms with E-state index in [9.17, 15) is 14.9 Å². The fraction of sp³-hybridized carbons (Fsp3) is 0.120. The van der Waals surface area contributed by atoms with Crippen molar-refractivity contribution in [2.75, 3.05) is 5.32 Å². The maximum atomic E-state index is 12.3. The van der Waals surface area contributed by atoms with Crippen LogP contribution < -0.4 is 5.32 Å². The van der Waals surface area contributed by atoms with E-state index in [1.165, 1.54) is 29.8 Å². The van der Waals surface area contributed by atoms with Crippen molar-refractivity contribution < 1.29 is 14.1 Å². The van der Waals surface area contributed by atoms with E-state index in [0.29, 0.717) is 28.6 Å². The van der Waals surface area contributed by atoms with Crippen molar-refractivity contribution in [3.8, 4) is 11.5 Å². The van der Waals surface area contributed by atoms with Crippen LogP contribution in [-0.2, 0) is 4.79 Å². The van der Waals surface area contributed by atoms with E-state index in [1.807, 2.05) is 30.3 Å². The quantitative estimate of drug-likeness (QED) is 0.225. The van der Waals surface area contributed by atoms with Gasteiger partial charge in [-0.25, -0.2) is 4.98 Å². The molecular formula is C25H21N3O4. The van der Waals surface area contributed by atoms with Gasteiger partial charge in [-0.05, 0) is 53.5 Å². The third kappa shape index (κ3) is 4.73. The molecule has 32 heavy (non-hydrogen) atoms. The number of nitro benzene ring substituents is 1. The van der Waals surface area contributed by atoms with E-state index in [2.05, 4.69) is 24.1 Å². The van der Waals surface area contributed by atoms with Gasteiger partial charge >= 0.3 is 0 Å². The molecule has 7 nitrogen and oxygen atoms in total. The molecule has 0 atom stereocenters. The van der Waals surface area contributed by atoms with Crippen molar-refractivity contribution in [1.82, 2.24) is 4.98 Å². The highest BCUT2D eigenvalue weighted by molar-refractivity contribution is 6.02. The molecule has 0 saturated heterocycles. The summed E-state index contributed by atoms with van der Waals surface area (Å²) in [6.07, 6.45) is 2.86. The van der Waals surface area contributed by atoms with Crippen LogP contribution in [-0.4, -0.2) is 15.8 Å². The first-order chi connectivity index (χ1) is 15.4. The van der Waals surface area contributed by atoms with Gasteiger partial charge in [0, 0.05) is 29.5 Å². The summed E-state index contributed by atoms with van der Waals surface area (Å²) in [5.41, 5.74) is 4.55. The number of oxazole rings is 1. The number of nitrogens with one attached hydrogen (secondary N) is 1. The average Bonchev–Trinajstić information content (AvgIpc) is 3.21. The molecule has 1 aromatic heterocycles. The predicted molar refractivity (Wildman–Crippen MR) is 124 cm³/mol. The number of fused-ring (bicyclic) bond motifs is 1. The monoisotopic (exact) mass is 427 g/mol. The number of hydrogen-bond acceptors (Lipinski definition) is 5. The minimum atomic E-state index is -0.474. The molecule has 4 rings (SSSR count). The van der Waals surface area contributed by atoms with Crippen molar-refractivity contribution in [2.45, 2.75) is 19.8 Å². The van der Waals surface area contributed by atoms with E-state index in [1.54, 1.807) is 24.3 Å². The van der Waals surface area contributed by atoms with E-state index < -0.39 is 4.92 Å². The van der Waals surface area contributed by atoms with Gasteiger partial charge in [0.1, 0.15) is 5.52 Å². The third-order valence-electron chi connectivity index (χ3n) is 4.96. The molecule has 0 unspecified atom stereocenters. The molecule has 0 fully saturated rings. The van der Waals surface area contributed by atoms with Crippen LogP contribution in [0.3, 0.4) is 0 Å². The second kappa shape index (κ2) is 8.85. The zero-order chi connectivity index (χ0) is 22.7. The fourth-order valence-electron chi connectivity index (χ4n) is 3.25. The molecule has 0 aliphatic carbocycles. The summed E-state index contributed by atoms with van der Waals surface area (Å²) in [5.74, 6) is 0.519. The first-order valence-electron chi connectivity index (χ1n) is 10.1. The number of benzene rings is 3. The number of carbonyl (C=O) groups excluding carboxylic acids is 1. The zero-order valence-corrected chi connectivity index (χ0v) is 17.6. The standard InChI is InChI=1S/C25H21N3O4/c1-16(2)18-10-11-23-22(15-18)27-25(32-23)19-6-4-7-20(14-19)26-24(29)12-9-17-5-3-8-21(13-17)28(30)31/h3-16H,1-2H3,(H,26,29). The first-order valence-corrected chi connectivity index (χ1v) is 10.1. The minimum absolute atomic E-state index is 0.0286. The summed E-state index contributed by atoms with van der Waals surface area (Å²) in [5, 5.41) is 13.7. The Morgan fingerprint density at radius 3 is 2.69 bits per heavy atom. The maximum Gasteiger partial charge on any atom is 0.270 e. The SMILES string of the molecule is CC(C)c1ccc2oc(-c3cccc(NC(=O)C=Cc4cccc([N+](=O)[O-])c4)c3)nc2c1. The van der Waals surface area contributed by atoms with E-state index >= 15 is 0 Å². The molecule has 4 aromatic rings. The van der Waals surface area contributed by atoms with Gasteiger partial charge in [-0.1, -0.05) is 38.1 Å². The van der Waals surface area contributed by atoms with Gasteiger partial charge in [-0.3, -0.25) is 14.9 Å². The fourth-order valence-corrected chi connectivity index (χ4v) is 3.25. The van der Waals surface area contributed by atoms with Crippen molar-refractivity contribution in [3.63, 3.8) is 0 Å². The number of nitro groups is 1. The van der Waals surface area contributed by atoms with Crippen LogP contribution in [0.25, 0.3) is 28.6 Å². The molecular weight excluding hydrogens is 406 g/mol. The van der Waals surface area contributed by atoms with Crippen LogP contribution in [0.4, 0.5) is 11.4 Å². The van der Waals surface area contributed by atoms with Gasteiger partial charge in [-0.15, -0.1) is 0 Å². The lowest BCUT2D eigenvalue weighted by molar-refractivity contribution is -0.384. The molecule has 1 N–H and O–H groups in total. The average molecular weight is 427 g/mol. The Labute approximate surface area is 184 Å². The first kappa shape index (κ1) is 21.0. The molecule has 0 aliphatic rings. The maximum absolute atomic E-state index is 12.3. The number of rotatable bonds is 6. The summed E-state index contributed by atoms with van der Waals surface area (Å²) in [6.45, 7) is 4.25. The van der Waals surface area contributed by atoms with Crippen LogP contribution in [0.15, 0.2) is 77.2 Å². The van der Waals surface area contributed by atoms with Crippen LogP contribution in [0.2, 0.25) is 0 Å². The number of hydrogen-bond donors (Lipinski definition) is 1. The largest absolute Gasteiger partial charge is 0.436 e. The van der Waals surface area contributed by atoms with Crippen LogP contribution >= 0.6 is 0 Å². The Morgan fingerprint density at radius 2 is 1.91 bits per heavy atom. The van der Waals surface area contributed by atoms with Crippen LogP contribution in [0, 0.1) is 10.1 Å². The lowest BCUT2D eigenvalue weighted by Crippen LogP contribution is -2.07. The minimum Gasteiger partial charge on any atom is -0.436 e. The van der Waals surface area contributed by atoms with Gasteiger partial charge in [0.2, 0.25) is 11.8 Å². The summed E-state index contributed by atoms with van der Waals surface area (Å²) in [4.78, 5) is 27.3. The molecule has 0 saturated carbocycles. The summed E-state index contributed by atoms with van der Waals surface area (Å²) in [6, 6.07) is 19.3. The second-order valence-electron chi connectivity index (χ2n) is 7.66. The molecule has 0 bridgehead atoms. The third-order valence-corrected chi connectivity index (χ3v) is 4.96. The van der Waals surface area contributed by atoms with E-state index in [4.69, 9.17) is 4.42 Å². The van der Waals surface area contributed by atoms with Gasteiger partial charge in [-0.2, -0.15) is 0 Å². The molecule has 0 aliphatic heterocycles. The predicted octanol–water partition coefficient (Wildman–Crippen LogP) is 6.18. The number of non-ortho nitro benzene ring substituents is 1. The summed E-state index contributed by atoms with van der Waals surface area (Å²) in [7, 11) is 0. The Kier molecular flexibility index (Phi) is 5.81. The molecule has 1 amide bonds. The molecule has 160 valence electrons. The molecule has 3 aromatic carbocycles.